The van der Waals surface area contributed by atoms with E-state index >= 15 is 0 Å². The van der Waals surface area contributed by atoms with Crippen molar-refractivity contribution < 1.29 is 29.0 Å². The van der Waals surface area contributed by atoms with Gasteiger partial charge in [0.1, 0.15) is 12.3 Å². The van der Waals surface area contributed by atoms with Crippen molar-refractivity contribution in [2.24, 2.45) is 7.05 Å². The first-order valence-electron chi connectivity index (χ1n) is 11.2. The van der Waals surface area contributed by atoms with E-state index < -0.39 is 30.1 Å². The van der Waals surface area contributed by atoms with Crippen LogP contribution in [0.25, 0.3) is 11.1 Å². The number of rotatable bonds is 6. The first kappa shape index (κ1) is 22.6. The first-order valence-corrected chi connectivity index (χ1v) is 11.2. The van der Waals surface area contributed by atoms with Gasteiger partial charge in [-0.1, -0.05) is 48.5 Å². The molecule has 3 aromatic rings. The van der Waals surface area contributed by atoms with E-state index in [0.29, 0.717) is 6.42 Å². The Balaban J connectivity index is 1.22. The number of nitrogens with one attached hydrogen (secondary N) is 2. The van der Waals surface area contributed by atoms with Gasteiger partial charge in [-0.25, -0.2) is 9.59 Å². The summed E-state index contributed by atoms with van der Waals surface area (Å²) in [7, 11) is 1.55. The summed E-state index contributed by atoms with van der Waals surface area (Å²) in [5, 5.41) is 18.6. The third kappa shape index (κ3) is 4.35. The predicted octanol–water partition coefficient (Wildman–Crippen LogP) is 2.75. The highest BCUT2D eigenvalue weighted by atomic mass is 16.5. The largest absolute Gasteiger partial charge is 0.479 e. The number of hydrogen-bond acceptors (Lipinski definition) is 6. The van der Waals surface area contributed by atoms with E-state index in [2.05, 4.69) is 27.9 Å². The number of aromatic nitrogens is 2. The summed E-state index contributed by atoms with van der Waals surface area (Å²) in [6.07, 6.45) is -1.39. The number of anilines is 1. The molecule has 1 fully saturated rings. The number of carboxylic acids is 1. The van der Waals surface area contributed by atoms with Gasteiger partial charge in [-0.15, -0.1) is 0 Å². The maximum absolute atomic E-state index is 12.7. The molecule has 10 heteroatoms. The Bertz CT molecular complexity index is 1260. The van der Waals surface area contributed by atoms with Crippen LogP contribution in [0.3, 0.4) is 0 Å². The zero-order valence-corrected chi connectivity index (χ0v) is 18.9. The Morgan fingerprint density at radius 1 is 1.11 bits per heavy atom. The molecule has 0 saturated carbocycles. The van der Waals surface area contributed by atoms with Crippen LogP contribution in [0.15, 0.2) is 54.6 Å². The summed E-state index contributed by atoms with van der Waals surface area (Å²) in [5.74, 6) is -1.57. The Kier molecular flexibility index (Phi) is 5.96. The zero-order valence-electron chi connectivity index (χ0n) is 18.9. The fraction of sp³-hybridized carbons (Fsp3) is 0.280. The van der Waals surface area contributed by atoms with Crippen LogP contribution in [0.5, 0.6) is 0 Å². The van der Waals surface area contributed by atoms with Gasteiger partial charge in [0.15, 0.2) is 11.9 Å². The number of carbonyl (C=O) groups excluding carboxylic acids is 2. The number of hydrogen-bond donors (Lipinski definition) is 3. The fourth-order valence-corrected chi connectivity index (χ4v) is 4.70. The smallest absolute Gasteiger partial charge is 0.412 e. The van der Waals surface area contributed by atoms with E-state index in [9.17, 15) is 19.5 Å². The zero-order chi connectivity index (χ0) is 24.5. The lowest BCUT2D eigenvalue weighted by molar-refractivity contribution is -0.148. The molecule has 5 rings (SSSR count). The van der Waals surface area contributed by atoms with Gasteiger partial charge in [0.05, 0.1) is 6.04 Å². The van der Waals surface area contributed by atoms with Crippen molar-refractivity contribution in [2.45, 2.75) is 24.5 Å². The number of nitrogens with zero attached hydrogens (tertiary/aromatic N) is 2. The van der Waals surface area contributed by atoms with Crippen molar-refractivity contribution in [3.05, 3.63) is 71.4 Å². The molecule has 1 aliphatic carbocycles. The number of ether oxygens (including phenoxy) is 2. The van der Waals surface area contributed by atoms with Crippen LogP contribution < -0.4 is 10.6 Å². The highest BCUT2D eigenvalue weighted by molar-refractivity contribution is 5.95. The first-order chi connectivity index (χ1) is 16.9. The van der Waals surface area contributed by atoms with E-state index in [1.165, 1.54) is 10.7 Å². The van der Waals surface area contributed by atoms with Crippen molar-refractivity contribution in [3.8, 4) is 11.1 Å². The second-order valence-corrected chi connectivity index (χ2v) is 8.49. The van der Waals surface area contributed by atoms with Gasteiger partial charge in [0.25, 0.3) is 5.91 Å². The van der Waals surface area contributed by atoms with Gasteiger partial charge in [0.2, 0.25) is 0 Å². The van der Waals surface area contributed by atoms with Crippen molar-refractivity contribution in [3.63, 3.8) is 0 Å². The Morgan fingerprint density at radius 3 is 2.43 bits per heavy atom. The summed E-state index contributed by atoms with van der Waals surface area (Å²) >= 11 is 0. The van der Waals surface area contributed by atoms with Crippen LogP contribution in [-0.4, -0.2) is 58.2 Å². The number of carboxylic acid groups (broad SMARTS) is 1. The minimum absolute atomic E-state index is 0.0750. The number of fused-ring (bicyclic) bond motifs is 3. The molecule has 2 aliphatic rings. The lowest BCUT2D eigenvalue weighted by atomic mass is 9.98. The molecular weight excluding hydrogens is 452 g/mol. The van der Waals surface area contributed by atoms with Crippen molar-refractivity contribution >= 4 is 23.8 Å². The molecular formula is C25H24N4O6. The van der Waals surface area contributed by atoms with Crippen LogP contribution in [0, 0.1) is 0 Å². The SMILES string of the molecule is Cn1nc(NC(=O)OCC2c3ccccc3-c3ccccc32)cc1C(=O)NC1CCOC1C(=O)O. The summed E-state index contributed by atoms with van der Waals surface area (Å²) in [6, 6.07) is 16.9. The molecule has 180 valence electrons. The molecule has 2 amide bonds. The minimum atomic E-state index is -1.13. The van der Waals surface area contributed by atoms with E-state index in [-0.39, 0.29) is 30.6 Å². The summed E-state index contributed by atoms with van der Waals surface area (Å²) < 4.78 is 12.0. The van der Waals surface area contributed by atoms with E-state index in [0.717, 1.165) is 22.3 Å². The lowest BCUT2D eigenvalue weighted by Gasteiger charge is -2.16. The normalized spacial score (nSPS) is 18.5. The number of aliphatic carboxylic acids is 1. The molecule has 1 aromatic heterocycles. The second kappa shape index (κ2) is 9.22. The summed E-state index contributed by atoms with van der Waals surface area (Å²) in [6.45, 7) is 0.403. The number of amides is 2. The molecule has 2 heterocycles. The van der Waals surface area contributed by atoms with Crippen LogP contribution in [-0.2, 0) is 21.3 Å². The lowest BCUT2D eigenvalue weighted by Crippen LogP contribution is -2.44. The summed E-state index contributed by atoms with van der Waals surface area (Å²) in [4.78, 5) is 36.4. The molecule has 0 bridgehead atoms. The topological polar surface area (TPSA) is 132 Å². The van der Waals surface area contributed by atoms with E-state index in [1.54, 1.807) is 7.05 Å². The fourth-order valence-electron chi connectivity index (χ4n) is 4.70. The second-order valence-electron chi connectivity index (χ2n) is 8.49. The maximum Gasteiger partial charge on any atom is 0.412 e. The van der Waals surface area contributed by atoms with Crippen LogP contribution in [0.2, 0.25) is 0 Å². The maximum atomic E-state index is 12.7. The predicted molar refractivity (Wildman–Crippen MR) is 125 cm³/mol. The molecule has 2 unspecified atom stereocenters. The molecule has 0 radical (unpaired) electrons. The van der Waals surface area contributed by atoms with Crippen LogP contribution in [0.4, 0.5) is 10.6 Å². The van der Waals surface area contributed by atoms with Gasteiger partial charge in [0, 0.05) is 25.6 Å². The Labute approximate surface area is 200 Å². The summed E-state index contributed by atoms with van der Waals surface area (Å²) in [5.41, 5.74) is 4.64. The highest BCUT2D eigenvalue weighted by Gasteiger charge is 2.36. The average Bonchev–Trinajstić information content (AvgIpc) is 3.53. The van der Waals surface area contributed by atoms with Gasteiger partial charge in [-0.05, 0) is 28.7 Å². The van der Waals surface area contributed by atoms with Crippen LogP contribution >= 0.6 is 0 Å². The van der Waals surface area contributed by atoms with Gasteiger partial charge < -0.3 is 19.9 Å². The van der Waals surface area contributed by atoms with Gasteiger partial charge in [-0.2, -0.15) is 5.10 Å². The van der Waals surface area contributed by atoms with E-state index in [1.807, 2.05) is 36.4 Å². The molecule has 2 aromatic carbocycles. The van der Waals surface area contributed by atoms with Crippen molar-refractivity contribution in [1.29, 1.82) is 0 Å². The average molecular weight is 476 g/mol. The quantitative estimate of drug-likeness (QED) is 0.498. The van der Waals surface area contributed by atoms with E-state index in [4.69, 9.17) is 9.47 Å². The van der Waals surface area contributed by atoms with Crippen LogP contribution in [0.1, 0.15) is 34.0 Å². The van der Waals surface area contributed by atoms with Crippen molar-refractivity contribution in [1.82, 2.24) is 15.1 Å². The molecule has 1 saturated heterocycles. The highest BCUT2D eigenvalue weighted by Crippen LogP contribution is 2.44. The third-order valence-electron chi connectivity index (χ3n) is 6.34. The Morgan fingerprint density at radius 2 is 1.77 bits per heavy atom. The number of benzene rings is 2. The molecule has 35 heavy (non-hydrogen) atoms. The van der Waals surface area contributed by atoms with Gasteiger partial charge in [-0.3, -0.25) is 14.8 Å². The van der Waals surface area contributed by atoms with Crippen molar-refractivity contribution in [2.75, 3.05) is 18.5 Å². The molecule has 3 N–H and O–H groups in total. The molecule has 1 aliphatic heterocycles. The number of aryl methyl sites for hydroxylation is 1. The number of carbonyl (C=O) groups is 3. The molecule has 2 atom stereocenters. The monoisotopic (exact) mass is 476 g/mol. The molecule has 0 spiro atoms. The molecule has 10 nitrogen and oxygen atoms in total. The third-order valence-corrected chi connectivity index (χ3v) is 6.34. The standard InChI is InChI=1S/C25H24N4O6/c1-29-20(23(30)26-19-10-11-34-22(19)24(31)32)12-21(28-29)27-25(33)35-13-18-16-8-4-2-6-14(16)15-7-3-5-9-17(15)18/h2-9,12,18-19,22H,10-11,13H2,1H3,(H,26,30)(H,31,32)(H,27,28,33). The Hall–Kier alpha value is -4.18. The van der Waals surface area contributed by atoms with Gasteiger partial charge >= 0.3 is 12.1 Å². The minimum Gasteiger partial charge on any atom is -0.479 e.